The largest absolute Gasteiger partial charge is 0.497 e. The normalized spacial score (nSPS) is 15.5. The van der Waals surface area contributed by atoms with Gasteiger partial charge in [-0.2, -0.15) is 0 Å². The number of cyclic esters (lactones) is 1. The van der Waals surface area contributed by atoms with Crippen LogP contribution in [0.5, 0.6) is 5.75 Å². The molecule has 2 unspecified atom stereocenters. The minimum atomic E-state index is -0.614. The molecular formula is C29H30FN3O5. The lowest BCUT2D eigenvalue weighted by molar-refractivity contribution is -0.121. The van der Waals surface area contributed by atoms with Crippen LogP contribution >= 0.6 is 0 Å². The molecule has 2 N–H and O–H groups in total. The predicted molar refractivity (Wildman–Crippen MR) is 142 cm³/mol. The van der Waals surface area contributed by atoms with Gasteiger partial charge < -0.3 is 20.1 Å². The van der Waals surface area contributed by atoms with Crippen LogP contribution in [0.15, 0.2) is 72.8 Å². The van der Waals surface area contributed by atoms with Gasteiger partial charge in [0.2, 0.25) is 5.91 Å². The molecule has 1 fully saturated rings. The van der Waals surface area contributed by atoms with Gasteiger partial charge in [0.05, 0.1) is 31.6 Å². The Balaban J connectivity index is 1.25. The van der Waals surface area contributed by atoms with E-state index in [1.165, 1.54) is 11.0 Å². The summed E-state index contributed by atoms with van der Waals surface area (Å²) in [6.45, 7) is 2.19. The number of rotatable bonds is 11. The highest BCUT2D eigenvalue weighted by Crippen LogP contribution is 2.28. The van der Waals surface area contributed by atoms with E-state index in [1.807, 2.05) is 37.3 Å². The molecule has 1 heterocycles. The number of nitrogens with zero attached hydrogens (tertiary/aromatic N) is 1. The molecule has 0 aliphatic carbocycles. The number of carbonyl (C=O) groups is 3. The van der Waals surface area contributed by atoms with Gasteiger partial charge in [0.25, 0.3) is 0 Å². The van der Waals surface area contributed by atoms with Crippen LogP contribution in [0.2, 0.25) is 0 Å². The number of ketones is 1. The van der Waals surface area contributed by atoms with Crippen molar-refractivity contribution in [3.63, 3.8) is 0 Å². The molecular weight excluding hydrogens is 489 g/mol. The third-order valence-electron chi connectivity index (χ3n) is 6.33. The minimum Gasteiger partial charge on any atom is -0.497 e. The van der Waals surface area contributed by atoms with Gasteiger partial charge in [0.15, 0.2) is 5.78 Å². The second-order valence-electron chi connectivity index (χ2n) is 9.01. The van der Waals surface area contributed by atoms with Crippen molar-refractivity contribution in [3.05, 3.63) is 89.7 Å². The Kier molecular flexibility index (Phi) is 8.58. The van der Waals surface area contributed by atoms with Crippen molar-refractivity contribution in [1.29, 1.82) is 0 Å². The lowest BCUT2D eigenvalue weighted by Crippen LogP contribution is -2.34. The van der Waals surface area contributed by atoms with E-state index in [4.69, 9.17) is 9.47 Å². The zero-order valence-corrected chi connectivity index (χ0v) is 21.3. The Morgan fingerprint density at radius 1 is 1.08 bits per heavy atom. The van der Waals surface area contributed by atoms with Crippen LogP contribution in [0.3, 0.4) is 0 Å². The van der Waals surface area contributed by atoms with Crippen molar-refractivity contribution >= 4 is 29.2 Å². The van der Waals surface area contributed by atoms with Crippen molar-refractivity contribution in [1.82, 2.24) is 5.32 Å². The number of carbonyl (C=O) groups excluding carboxylic acids is 3. The Morgan fingerprint density at radius 3 is 2.50 bits per heavy atom. The molecule has 38 heavy (non-hydrogen) atoms. The van der Waals surface area contributed by atoms with Gasteiger partial charge in [-0.15, -0.1) is 0 Å². The van der Waals surface area contributed by atoms with Crippen LogP contribution in [0, 0.1) is 5.82 Å². The number of nitrogens with one attached hydrogen (secondary N) is 2. The molecule has 2 atom stereocenters. The van der Waals surface area contributed by atoms with Crippen LogP contribution in [0.25, 0.3) is 0 Å². The summed E-state index contributed by atoms with van der Waals surface area (Å²) in [5.74, 6) is -0.321. The number of hydrogen-bond donors (Lipinski definition) is 2. The molecule has 0 radical (unpaired) electrons. The molecule has 1 saturated heterocycles. The lowest BCUT2D eigenvalue weighted by atomic mass is 10.1. The Labute approximate surface area is 220 Å². The summed E-state index contributed by atoms with van der Waals surface area (Å²) in [5, 5.41) is 5.85. The van der Waals surface area contributed by atoms with Gasteiger partial charge in [0.1, 0.15) is 17.7 Å². The summed E-state index contributed by atoms with van der Waals surface area (Å²) < 4.78 is 25.3. The fourth-order valence-corrected chi connectivity index (χ4v) is 4.15. The van der Waals surface area contributed by atoms with Gasteiger partial charge in [0, 0.05) is 24.4 Å². The summed E-state index contributed by atoms with van der Waals surface area (Å²) in [6, 6.07) is 20.8. The molecule has 0 saturated carbocycles. The van der Waals surface area contributed by atoms with Crippen molar-refractivity contribution in [2.24, 2.45) is 0 Å². The minimum absolute atomic E-state index is 0.0102. The van der Waals surface area contributed by atoms with E-state index in [9.17, 15) is 18.8 Å². The first-order valence-electron chi connectivity index (χ1n) is 12.4. The van der Waals surface area contributed by atoms with Crippen molar-refractivity contribution < 1.29 is 28.2 Å². The van der Waals surface area contributed by atoms with Gasteiger partial charge in [-0.25, -0.2) is 9.18 Å². The van der Waals surface area contributed by atoms with Gasteiger partial charge in [-0.1, -0.05) is 30.3 Å². The first-order chi connectivity index (χ1) is 18.3. The van der Waals surface area contributed by atoms with Crippen LogP contribution in [-0.2, 0) is 9.53 Å². The number of halogens is 1. The molecule has 1 aliphatic heterocycles. The van der Waals surface area contributed by atoms with Gasteiger partial charge in [-0.05, 0) is 55.0 Å². The molecule has 9 heteroatoms. The standard InChI is InChI=1S/C29H30FN3O5/c1-19(20-6-4-3-5-7-20)32-26-13-10-22(16-25(26)30)33-18-24(38-29(33)36)17-31-28(35)15-14-27(34)21-8-11-23(37-2)12-9-21/h3-13,16,19,24,32H,14-15,17-18H2,1-2H3,(H,31,35). The number of benzene rings is 3. The van der Waals surface area contributed by atoms with E-state index < -0.39 is 18.0 Å². The molecule has 0 bridgehead atoms. The maximum absolute atomic E-state index is 14.8. The fraction of sp³-hybridized carbons (Fsp3) is 0.276. The number of anilines is 2. The number of Topliss-reactive ketones (excluding diaryl/α,β-unsaturated/α-hetero) is 1. The number of amides is 2. The zero-order valence-electron chi connectivity index (χ0n) is 21.3. The average Bonchev–Trinajstić information content (AvgIpc) is 3.32. The van der Waals surface area contributed by atoms with Crippen LogP contribution in [0.4, 0.5) is 20.6 Å². The van der Waals surface area contributed by atoms with Gasteiger partial charge in [-0.3, -0.25) is 14.5 Å². The maximum atomic E-state index is 14.8. The topological polar surface area (TPSA) is 97.0 Å². The second-order valence-corrected chi connectivity index (χ2v) is 9.01. The number of methoxy groups -OCH3 is 1. The van der Waals surface area contributed by atoms with Crippen LogP contribution < -0.4 is 20.3 Å². The monoisotopic (exact) mass is 519 g/mol. The smallest absolute Gasteiger partial charge is 0.414 e. The van der Waals surface area contributed by atoms with Gasteiger partial charge >= 0.3 is 6.09 Å². The van der Waals surface area contributed by atoms with E-state index in [0.29, 0.717) is 22.7 Å². The molecule has 198 valence electrons. The third kappa shape index (κ3) is 6.67. The Hall–Kier alpha value is -4.40. The molecule has 2 amide bonds. The van der Waals surface area contributed by atoms with E-state index in [0.717, 1.165) is 5.56 Å². The van der Waals surface area contributed by atoms with Crippen LogP contribution in [0.1, 0.15) is 41.7 Å². The third-order valence-corrected chi connectivity index (χ3v) is 6.33. The molecule has 8 nitrogen and oxygen atoms in total. The number of hydrogen-bond acceptors (Lipinski definition) is 6. The van der Waals surface area contributed by atoms with Crippen LogP contribution in [-0.4, -0.2) is 44.1 Å². The highest BCUT2D eigenvalue weighted by molar-refractivity contribution is 5.98. The highest BCUT2D eigenvalue weighted by atomic mass is 19.1. The lowest BCUT2D eigenvalue weighted by Gasteiger charge is -2.18. The fourth-order valence-electron chi connectivity index (χ4n) is 4.15. The molecule has 4 rings (SSSR count). The summed E-state index contributed by atoms with van der Waals surface area (Å²) >= 11 is 0. The quantitative estimate of drug-likeness (QED) is 0.342. The average molecular weight is 520 g/mol. The summed E-state index contributed by atoms with van der Waals surface area (Å²) in [4.78, 5) is 38.3. The second kappa shape index (κ2) is 12.2. The Bertz CT molecular complexity index is 1280. The molecule has 3 aromatic carbocycles. The van der Waals surface area contributed by atoms with E-state index in [2.05, 4.69) is 10.6 Å². The molecule has 3 aromatic rings. The van der Waals surface area contributed by atoms with E-state index >= 15 is 0 Å². The molecule has 0 spiro atoms. The van der Waals surface area contributed by atoms with Crippen molar-refractivity contribution in [2.45, 2.75) is 31.9 Å². The van der Waals surface area contributed by atoms with E-state index in [1.54, 1.807) is 43.5 Å². The SMILES string of the molecule is COc1ccc(C(=O)CCC(=O)NCC2CN(c3ccc(NC(C)c4ccccc4)c(F)c3)C(=O)O2)cc1. The summed E-state index contributed by atoms with van der Waals surface area (Å²) in [5.41, 5.74) is 2.21. The zero-order chi connectivity index (χ0) is 27.1. The summed E-state index contributed by atoms with van der Waals surface area (Å²) in [7, 11) is 1.54. The molecule has 0 aromatic heterocycles. The highest BCUT2D eigenvalue weighted by Gasteiger charge is 2.33. The molecule has 1 aliphatic rings. The maximum Gasteiger partial charge on any atom is 0.414 e. The predicted octanol–water partition coefficient (Wildman–Crippen LogP) is 5.11. The van der Waals surface area contributed by atoms with Crippen molar-refractivity contribution in [2.75, 3.05) is 30.4 Å². The number of ether oxygens (including phenoxy) is 2. The van der Waals surface area contributed by atoms with Crippen molar-refractivity contribution in [3.8, 4) is 5.75 Å². The van der Waals surface area contributed by atoms with E-state index in [-0.39, 0.29) is 43.7 Å². The Morgan fingerprint density at radius 2 is 1.82 bits per heavy atom. The first kappa shape index (κ1) is 26.7. The first-order valence-corrected chi connectivity index (χ1v) is 12.4. The summed E-state index contributed by atoms with van der Waals surface area (Å²) in [6.07, 6.45) is -1.15.